The summed E-state index contributed by atoms with van der Waals surface area (Å²) in [5, 5.41) is 14.4. The van der Waals surface area contributed by atoms with Crippen molar-refractivity contribution in [2.45, 2.75) is 37.3 Å². The van der Waals surface area contributed by atoms with Crippen LogP contribution in [0.2, 0.25) is 0 Å². The Labute approximate surface area is 150 Å². The molecule has 1 N–H and O–H groups in total. The van der Waals surface area contributed by atoms with Crippen LogP contribution in [0.1, 0.15) is 29.7 Å². The second kappa shape index (κ2) is 6.11. The highest BCUT2D eigenvalue weighted by Gasteiger charge is 2.43. The van der Waals surface area contributed by atoms with Crippen molar-refractivity contribution < 1.29 is 18.0 Å². The molecule has 1 aromatic carbocycles. The first kappa shape index (κ1) is 17.1. The van der Waals surface area contributed by atoms with Crippen molar-refractivity contribution >= 4 is 20.9 Å². The zero-order valence-corrected chi connectivity index (χ0v) is 15.1. The van der Waals surface area contributed by atoms with Gasteiger partial charge in [0.15, 0.2) is 5.82 Å². The molecule has 26 heavy (non-hydrogen) atoms. The van der Waals surface area contributed by atoms with Gasteiger partial charge in [-0.15, -0.1) is 0 Å². The van der Waals surface area contributed by atoms with Crippen LogP contribution in [0.3, 0.4) is 0 Å². The molecule has 0 amide bonds. The normalized spacial score (nSPS) is 21.5. The molecule has 3 aromatic rings. The molecule has 1 aliphatic heterocycles. The number of hydrogen-bond acceptors (Lipinski definition) is 7. The number of aryl methyl sites for hydroxylation is 2. The van der Waals surface area contributed by atoms with Crippen LogP contribution in [0.15, 0.2) is 39.9 Å². The smallest absolute Gasteiger partial charge is 0.245 e. The van der Waals surface area contributed by atoms with Gasteiger partial charge >= 0.3 is 0 Å². The van der Waals surface area contributed by atoms with E-state index in [1.165, 1.54) is 4.31 Å². The summed E-state index contributed by atoms with van der Waals surface area (Å²) in [4.78, 5) is 8.61. The average molecular weight is 374 g/mol. The van der Waals surface area contributed by atoms with Crippen LogP contribution in [0, 0.1) is 13.8 Å². The van der Waals surface area contributed by atoms with Crippen molar-refractivity contribution in [3.05, 3.63) is 47.7 Å². The molecule has 9 heteroatoms. The molecule has 1 fully saturated rings. The summed E-state index contributed by atoms with van der Waals surface area (Å²) in [6.45, 7) is 3.52. The lowest BCUT2D eigenvalue weighted by Gasteiger charge is -2.22. The van der Waals surface area contributed by atoms with Crippen LogP contribution in [-0.4, -0.2) is 45.6 Å². The molecule has 2 atom stereocenters. The van der Waals surface area contributed by atoms with E-state index >= 15 is 0 Å². The molecule has 1 saturated heterocycles. The van der Waals surface area contributed by atoms with E-state index in [1.54, 1.807) is 37.4 Å². The molecule has 0 saturated carbocycles. The Bertz CT molecular complexity index is 1080. The minimum Gasteiger partial charge on any atom is -0.392 e. The Balaban J connectivity index is 1.85. The number of hydrogen-bond donors (Lipinski definition) is 1. The number of aromatic nitrogens is 3. The molecule has 3 heterocycles. The van der Waals surface area contributed by atoms with Crippen LogP contribution < -0.4 is 0 Å². The van der Waals surface area contributed by atoms with Crippen molar-refractivity contribution in [2.75, 3.05) is 6.54 Å². The lowest BCUT2D eigenvalue weighted by atomic mass is 10.1. The second-order valence-electron chi connectivity index (χ2n) is 6.44. The second-order valence-corrected chi connectivity index (χ2v) is 8.30. The van der Waals surface area contributed by atoms with Gasteiger partial charge in [0.05, 0.1) is 16.5 Å². The number of fused-ring (bicyclic) bond motifs is 1. The number of nitrogens with zero attached hydrogens (tertiary/aromatic N) is 4. The third kappa shape index (κ3) is 2.68. The maximum atomic E-state index is 13.4. The molecule has 2 aromatic heterocycles. The predicted octanol–water partition coefficient (Wildman–Crippen LogP) is 1.73. The summed E-state index contributed by atoms with van der Waals surface area (Å²) < 4.78 is 33.2. The monoisotopic (exact) mass is 374 g/mol. The highest BCUT2D eigenvalue weighted by molar-refractivity contribution is 7.89. The van der Waals surface area contributed by atoms with Crippen molar-refractivity contribution in [3.63, 3.8) is 0 Å². The number of rotatable bonds is 3. The highest BCUT2D eigenvalue weighted by atomic mass is 32.2. The maximum Gasteiger partial charge on any atom is 0.245 e. The summed E-state index contributed by atoms with van der Waals surface area (Å²) in [7, 11) is -3.90. The van der Waals surface area contributed by atoms with E-state index < -0.39 is 22.2 Å². The van der Waals surface area contributed by atoms with Gasteiger partial charge in [0.25, 0.3) is 0 Å². The number of sulfonamides is 1. The number of aliphatic hydroxyl groups is 1. The molecular formula is C17H18N4O4S. The number of pyridine rings is 1. The SMILES string of the molecule is Cc1noc([C@H]2C[C@H](O)CN2S(=O)(=O)c2ccc(C)c3ncccc23)n1. The average Bonchev–Trinajstić information content (AvgIpc) is 3.21. The molecular weight excluding hydrogens is 356 g/mol. The predicted molar refractivity (Wildman–Crippen MR) is 92.8 cm³/mol. The number of benzene rings is 1. The van der Waals surface area contributed by atoms with Crippen LogP contribution >= 0.6 is 0 Å². The summed E-state index contributed by atoms with van der Waals surface area (Å²) in [5.74, 6) is 0.612. The molecule has 0 spiro atoms. The van der Waals surface area contributed by atoms with E-state index in [0.29, 0.717) is 16.7 Å². The topological polar surface area (TPSA) is 109 Å². The molecule has 0 unspecified atom stereocenters. The zero-order valence-electron chi connectivity index (χ0n) is 14.3. The fourth-order valence-corrected chi connectivity index (χ4v) is 5.18. The van der Waals surface area contributed by atoms with Crippen LogP contribution in [0.25, 0.3) is 10.9 Å². The first-order valence-electron chi connectivity index (χ1n) is 8.22. The molecule has 136 valence electrons. The maximum absolute atomic E-state index is 13.4. The van der Waals surface area contributed by atoms with Gasteiger partial charge in [0.1, 0.15) is 6.04 Å². The first-order chi connectivity index (χ1) is 12.4. The fraction of sp³-hybridized carbons (Fsp3) is 0.353. The molecule has 4 rings (SSSR count). The Morgan fingerprint density at radius 1 is 1.27 bits per heavy atom. The van der Waals surface area contributed by atoms with Gasteiger partial charge in [-0.2, -0.15) is 9.29 Å². The van der Waals surface area contributed by atoms with Crippen LogP contribution in [0.5, 0.6) is 0 Å². The largest absolute Gasteiger partial charge is 0.392 e. The van der Waals surface area contributed by atoms with Crippen molar-refractivity contribution in [1.82, 2.24) is 19.4 Å². The van der Waals surface area contributed by atoms with Crippen LogP contribution in [0.4, 0.5) is 0 Å². The van der Waals surface area contributed by atoms with E-state index in [2.05, 4.69) is 15.1 Å². The van der Waals surface area contributed by atoms with Crippen molar-refractivity contribution in [2.24, 2.45) is 0 Å². The van der Waals surface area contributed by atoms with E-state index in [1.807, 2.05) is 6.92 Å². The van der Waals surface area contributed by atoms with E-state index in [-0.39, 0.29) is 23.8 Å². The lowest BCUT2D eigenvalue weighted by Crippen LogP contribution is -2.32. The summed E-state index contributed by atoms with van der Waals surface area (Å²) in [5.41, 5.74) is 1.53. The van der Waals surface area contributed by atoms with Gasteiger partial charge in [-0.1, -0.05) is 11.2 Å². The highest BCUT2D eigenvalue weighted by Crippen LogP contribution is 2.37. The van der Waals surface area contributed by atoms with E-state index in [0.717, 1.165) is 5.56 Å². The molecule has 0 aliphatic carbocycles. The summed E-state index contributed by atoms with van der Waals surface area (Å²) in [6.07, 6.45) is 1.05. The summed E-state index contributed by atoms with van der Waals surface area (Å²) >= 11 is 0. The quantitative estimate of drug-likeness (QED) is 0.743. The number of β-amino-alcohol motifs (C(OH)–C–C–N with tert-alkyl or cyclic N) is 1. The molecule has 0 bridgehead atoms. The Hall–Kier alpha value is -2.36. The summed E-state index contributed by atoms with van der Waals surface area (Å²) in [6, 6.07) is 6.07. The van der Waals surface area contributed by atoms with Gasteiger partial charge in [-0.3, -0.25) is 4.98 Å². The van der Waals surface area contributed by atoms with E-state index in [9.17, 15) is 13.5 Å². The Kier molecular flexibility index (Phi) is 4.02. The van der Waals surface area contributed by atoms with E-state index in [4.69, 9.17) is 4.52 Å². The van der Waals surface area contributed by atoms with Crippen molar-refractivity contribution in [3.8, 4) is 0 Å². The van der Waals surface area contributed by atoms with Gasteiger partial charge in [0.2, 0.25) is 15.9 Å². The zero-order chi connectivity index (χ0) is 18.5. The molecule has 8 nitrogen and oxygen atoms in total. The van der Waals surface area contributed by atoms with Gasteiger partial charge in [-0.25, -0.2) is 8.42 Å². The standard InChI is InChI=1S/C17H18N4O4S/c1-10-5-6-15(13-4-3-7-18-16(10)13)26(23,24)21-9-12(22)8-14(21)17-19-11(2)20-25-17/h3-7,12,14,22H,8-9H2,1-2H3/t12-,14+/m0/s1. The Morgan fingerprint density at radius 2 is 2.08 bits per heavy atom. The third-order valence-corrected chi connectivity index (χ3v) is 6.51. The minimum absolute atomic E-state index is 0.0238. The molecule has 0 radical (unpaired) electrons. The lowest BCUT2D eigenvalue weighted by molar-refractivity contribution is 0.188. The van der Waals surface area contributed by atoms with Crippen molar-refractivity contribution in [1.29, 1.82) is 0 Å². The first-order valence-corrected chi connectivity index (χ1v) is 9.66. The van der Waals surface area contributed by atoms with Gasteiger partial charge in [-0.05, 0) is 37.6 Å². The van der Waals surface area contributed by atoms with Gasteiger partial charge < -0.3 is 9.63 Å². The van der Waals surface area contributed by atoms with Gasteiger partial charge in [0, 0.05) is 24.5 Å². The van der Waals surface area contributed by atoms with Crippen LogP contribution in [-0.2, 0) is 10.0 Å². The number of aliphatic hydroxyl groups excluding tert-OH is 1. The Morgan fingerprint density at radius 3 is 2.81 bits per heavy atom. The fourth-order valence-electron chi connectivity index (χ4n) is 3.36. The minimum atomic E-state index is -3.90. The third-order valence-electron chi connectivity index (χ3n) is 4.58. The molecule has 1 aliphatic rings.